The summed E-state index contributed by atoms with van der Waals surface area (Å²) in [7, 11) is 0. The fraction of sp³-hybridized carbons (Fsp3) is 0.886. The molecule has 0 heterocycles. The SMILES string of the molecule is CCCCCCCCCCCCCCCCCCCCC/C=C/C(O)C(CO)NC(=O)CCCCCCCCCCCCCCCC/C=C\C/C=C\CCOC(=O)CCCCCCCCCCCCCCCCCCC. The van der Waals surface area contributed by atoms with Crippen molar-refractivity contribution in [2.45, 2.75) is 386 Å². The molecule has 0 saturated carbocycles. The maximum atomic E-state index is 12.5. The van der Waals surface area contributed by atoms with E-state index in [1.807, 2.05) is 6.08 Å². The van der Waals surface area contributed by atoms with Gasteiger partial charge < -0.3 is 20.3 Å². The highest BCUT2D eigenvalue weighted by Gasteiger charge is 2.18. The van der Waals surface area contributed by atoms with Crippen molar-refractivity contribution in [3.63, 3.8) is 0 Å². The van der Waals surface area contributed by atoms with Gasteiger partial charge in [-0.3, -0.25) is 9.59 Å². The van der Waals surface area contributed by atoms with Crippen LogP contribution in [0.2, 0.25) is 0 Å². The van der Waals surface area contributed by atoms with E-state index in [-0.39, 0.29) is 18.5 Å². The van der Waals surface area contributed by atoms with Gasteiger partial charge in [0, 0.05) is 12.8 Å². The molecule has 0 radical (unpaired) electrons. The summed E-state index contributed by atoms with van der Waals surface area (Å²) in [5.74, 6) is -0.101. The largest absolute Gasteiger partial charge is 0.465 e. The van der Waals surface area contributed by atoms with E-state index >= 15 is 0 Å². The Balaban J connectivity index is 3.46. The van der Waals surface area contributed by atoms with Crippen LogP contribution in [-0.2, 0) is 14.3 Å². The van der Waals surface area contributed by atoms with Gasteiger partial charge in [0.25, 0.3) is 0 Å². The summed E-state index contributed by atoms with van der Waals surface area (Å²) in [6.45, 7) is 4.83. The molecule has 0 aliphatic heterocycles. The number of aliphatic hydroxyl groups excluding tert-OH is 2. The second-order valence-corrected chi connectivity index (χ2v) is 23.5. The molecule has 0 aromatic heterocycles. The van der Waals surface area contributed by atoms with Crippen molar-refractivity contribution in [2.24, 2.45) is 0 Å². The van der Waals surface area contributed by atoms with Gasteiger partial charge in [-0.1, -0.05) is 346 Å². The van der Waals surface area contributed by atoms with E-state index < -0.39 is 12.1 Å². The highest BCUT2D eigenvalue weighted by atomic mass is 16.5. The Morgan fingerprint density at radius 1 is 0.368 bits per heavy atom. The smallest absolute Gasteiger partial charge is 0.305 e. The first-order valence-corrected chi connectivity index (χ1v) is 34.3. The molecule has 0 rings (SSSR count). The summed E-state index contributed by atoms with van der Waals surface area (Å²) >= 11 is 0. The molecule has 0 spiro atoms. The molecule has 0 aliphatic rings. The lowest BCUT2D eigenvalue weighted by atomic mass is 10.0. The van der Waals surface area contributed by atoms with Crippen molar-refractivity contribution >= 4 is 11.9 Å². The number of hydrogen-bond acceptors (Lipinski definition) is 5. The average molecular weight is 1070 g/mol. The zero-order valence-electron chi connectivity index (χ0n) is 51.3. The summed E-state index contributed by atoms with van der Waals surface area (Å²) in [4.78, 5) is 24.6. The zero-order chi connectivity index (χ0) is 55.0. The predicted octanol–water partition coefficient (Wildman–Crippen LogP) is 21.9. The van der Waals surface area contributed by atoms with Gasteiger partial charge in [-0.05, 0) is 51.4 Å². The normalized spacial score (nSPS) is 12.7. The maximum absolute atomic E-state index is 12.5. The van der Waals surface area contributed by atoms with Gasteiger partial charge in [0.05, 0.1) is 25.4 Å². The first-order valence-electron chi connectivity index (χ1n) is 34.3. The summed E-state index contributed by atoms with van der Waals surface area (Å²) in [5, 5.41) is 23.2. The van der Waals surface area contributed by atoms with Gasteiger partial charge in [0.2, 0.25) is 5.91 Å². The van der Waals surface area contributed by atoms with E-state index in [1.165, 1.54) is 295 Å². The standard InChI is InChI=1S/C70H133NO5/c1-3-5-7-9-11-13-15-17-19-21-22-24-27-31-34-38-42-46-50-54-58-62-68(73)67(66-72)71-69(74)63-59-55-51-47-43-39-35-32-28-25-23-26-29-33-37-41-45-49-53-57-61-65-76-70(75)64-60-56-52-48-44-40-36-30-20-18-16-14-12-10-8-6-4-2/h41,45,53,57-58,62,67-68,72-73H,3-40,42-44,46-52,54-56,59-61,63-66H2,1-2H3,(H,71,74)/b45-41-,57-53-,62-58+. The van der Waals surface area contributed by atoms with Crippen LogP contribution < -0.4 is 5.32 Å². The third kappa shape index (κ3) is 61.3. The first-order chi connectivity index (χ1) is 37.5. The molecule has 2 unspecified atom stereocenters. The van der Waals surface area contributed by atoms with Crippen LogP contribution in [0.4, 0.5) is 0 Å². The Hall–Kier alpha value is -1.92. The molecular weight excluding hydrogens is 935 g/mol. The van der Waals surface area contributed by atoms with Crippen molar-refractivity contribution in [3.05, 3.63) is 36.5 Å². The van der Waals surface area contributed by atoms with Crippen molar-refractivity contribution in [1.29, 1.82) is 0 Å². The molecule has 3 N–H and O–H groups in total. The van der Waals surface area contributed by atoms with Crippen LogP contribution in [0.25, 0.3) is 0 Å². The second kappa shape index (κ2) is 65.6. The summed E-state index contributed by atoms with van der Waals surface area (Å²) < 4.78 is 5.44. The minimum absolute atomic E-state index is 0.0313. The second-order valence-electron chi connectivity index (χ2n) is 23.5. The van der Waals surface area contributed by atoms with E-state index in [1.54, 1.807) is 6.08 Å². The van der Waals surface area contributed by atoms with Crippen molar-refractivity contribution in [2.75, 3.05) is 13.2 Å². The molecule has 448 valence electrons. The number of unbranched alkanes of at least 4 members (excludes halogenated alkanes) is 49. The minimum Gasteiger partial charge on any atom is -0.465 e. The van der Waals surface area contributed by atoms with E-state index in [0.29, 0.717) is 19.4 Å². The van der Waals surface area contributed by atoms with Crippen molar-refractivity contribution in [1.82, 2.24) is 5.32 Å². The van der Waals surface area contributed by atoms with Crippen LogP contribution >= 0.6 is 0 Å². The Morgan fingerprint density at radius 3 is 1.00 bits per heavy atom. The van der Waals surface area contributed by atoms with Gasteiger partial charge in [0.15, 0.2) is 0 Å². The van der Waals surface area contributed by atoms with Crippen LogP contribution in [0.15, 0.2) is 36.5 Å². The highest BCUT2D eigenvalue weighted by molar-refractivity contribution is 5.76. The summed E-state index contributed by atoms with van der Waals surface area (Å²) in [5.41, 5.74) is 0. The number of carbonyl (C=O) groups is 2. The average Bonchev–Trinajstić information content (AvgIpc) is 3.42. The number of allylic oxidation sites excluding steroid dienone is 4. The number of nitrogens with one attached hydrogen (secondary N) is 1. The summed E-state index contributed by atoms with van der Waals surface area (Å²) in [6.07, 6.45) is 83.7. The Kier molecular flexibility index (Phi) is 63.9. The highest BCUT2D eigenvalue weighted by Crippen LogP contribution is 2.18. The zero-order valence-corrected chi connectivity index (χ0v) is 51.3. The van der Waals surface area contributed by atoms with Crippen molar-refractivity contribution < 1.29 is 24.5 Å². The van der Waals surface area contributed by atoms with Crippen LogP contribution in [0, 0.1) is 0 Å². The third-order valence-corrected chi connectivity index (χ3v) is 15.9. The van der Waals surface area contributed by atoms with Gasteiger partial charge in [0.1, 0.15) is 0 Å². The van der Waals surface area contributed by atoms with E-state index in [9.17, 15) is 19.8 Å². The number of amides is 1. The number of aliphatic hydroxyl groups is 2. The molecule has 6 heteroatoms. The molecule has 1 amide bonds. The molecule has 2 atom stereocenters. The predicted molar refractivity (Wildman–Crippen MR) is 333 cm³/mol. The molecular formula is C70H133NO5. The lowest BCUT2D eigenvalue weighted by molar-refractivity contribution is -0.143. The molecule has 0 aromatic carbocycles. The number of carbonyl (C=O) groups excluding carboxylic acids is 2. The van der Waals surface area contributed by atoms with E-state index in [4.69, 9.17) is 4.74 Å². The first kappa shape index (κ1) is 74.1. The fourth-order valence-corrected chi connectivity index (χ4v) is 10.7. The molecule has 0 saturated heterocycles. The molecule has 0 fully saturated rings. The fourth-order valence-electron chi connectivity index (χ4n) is 10.7. The molecule has 0 bridgehead atoms. The monoisotopic (exact) mass is 1070 g/mol. The minimum atomic E-state index is -0.849. The lowest BCUT2D eigenvalue weighted by Crippen LogP contribution is -2.45. The topological polar surface area (TPSA) is 95.9 Å². The van der Waals surface area contributed by atoms with Crippen LogP contribution in [0.3, 0.4) is 0 Å². The van der Waals surface area contributed by atoms with E-state index in [2.05, 4.69) is 43.5 Å². The van der Waals surface area contributed by atoms with Crippen LogP contribution in [0.1, 0.15) is 373 Å². The van der Waals surface area contributed by atoms with Gasteiger partial charge in [-0.15, -0.1) is 0 Å². The number of esters is 1. The van der Waals surface area contributed by atoms with E-state index in [0.717, 1.165) is 51.4 Å². The van der Waals surface area contributed by atoms with Crippen LogP contribution in [-0.4, -0.2) is 47.4 Å². The molecule has 0 aliphatic carbocycles. The number of hydrogen-bond donors (Lipinski definition) is 3. The van der Waals surface area contributed by atoms with Gasteiger partial charge >= 0.3 is 5.97 Å². The third-order valence-electron chi connectivity index (χ3n) is 15.9. The lowest BCUT2D eigenvalue weighted by Gasteiger charge is -2.20. The van der Waals surface area contributed by atoms with Gasteiger partial charge in [-0.2, -0.15) is 0 Å². The molecule has 6 nitrogen and oxygen atoms in total. The number of rotatable bonds is 64. The summed E-state index contributed by atoms with van der Waals surface area (Å²) in [6, 6.07) is -0.633. The van der Waals surface area contributed by atoms with Crippen molar-refractivity contribution in [3.8, 4) is 0 Å². The Bertz CT molecular complexity index is 1230. The molecule has 0 aromatic rings. The quantitative estimate of drug-likeness (QED) is 0.0320. The van der Waals surface area contributed by atoms with Crippen LogP contribution in [0.5, 0.6) is 0 Å². The van der Waals surface area contributed by atoms with Gasteiger partial charge in [-0.25, -0.2) is 0 Å². The maximum Gasteiger partial charge on any atom is 0.305 e. The molecule has 76 heavy (non-hydrogen) atoms. The Labute approximate surface area is 474 Å². The Morgan fingerprint density at radius 2 is 0.658 bits per heavy atom. The number of ether oxygens (including phenoxy) is 1.